The molecule has 1 amide bonds. The summed E-state index contributed by atoms with van der Waals surface area (Å²) in [4.78, 5) is 19.1. The number of pyridine rings is 1. The minimum atomic E-state index is -0.557. The Morgan fingerprint density at radius 2 is 2.04 bits per heavy atom. The molecule has 1 atom stereocenters. The molecule has 0 aliphatic carbocycles. The van der Waals surface area contributed by atoms with E-state index in [0.29, 0.717) is 24.3 Å². The number of amides is 1. The Morgan fingerprint density at radius 3 is 2.77 bits per heavy atom. The van der Waals surface area contributed by atoms with E-state index in [1.807, 2.05) is 0 Å². The molecule has 1 aliphatic rings. The van der Waals surface area contributed by atoms with Gasteiger partial charge in [0.15, 0.2) is 5.82 Å². The van der Waals surface area contributed by atoms with Crippen LogP contribution in [0.2, 0.25) is 5.02 Å². The van der Waals surface area contributed by atoms with Crippen LogP contribution >= 0.6 is 11.6 Å². The number of rotatable bonds is 3. The molecule has 3 heterocycles. The van der Waals surface area contributed by atoms with Crippen LogP contribution in [0.25, 0.3) is 5.69 Å². The second-order valence-corrected chi connectivity index (χ2v) is 6.09. The Hall–Kier alpha value is -3.00. The van der Waals surface area contributed by atoms with E-state index in [-0.39, 0.29) is 5.02 Å². The van der Waals surface area contributed by atoms with Crippen LogP contribution < -0.4 is 4.90 Å². The van der Waals surface area contributed by atoms with E-state index < -0.39 is 18.0 Å². The first-order chi connectivity index (χ1) is 12.6. The number of ether oxygens (including phenoxy) is 1. The number of aromatic nitrogens is 4. The zero-order valence-electron chi connectivity index (χ0n) is 13.4. The second kappa shape index (κ2) is 6.72. The average molecular weight is 374 g/mol. The van der Waals surface area contributed by atoms with E-state index in [2.05, 4.69) is 15.2 Å². The first kappa shape index (κ1) is 16.5. The van der Waals surface area contributed by atoms with Gasteiger partial charge in [0.2, 0.25) is 0 Å². The number of anilines is 1. The number of benzene rings is 1. The number of hydrogen-bond acceptors (Lipinski definition) is 5. The summed E-state index contributed by atoms with van der Waals surface area (Å²) < 4.78 is 19.1. The van der Waals surface area contributed by atoms with Gasteiger partial charge in [0.25, 0.3) is 0 Å². The summed E-state index contributed by atoms with van der Waals surface area (Å²) >= 11 is 5.69. The van der Waals surface area contributed by atoms with Gasteiger partial charge in [-0.25, -0.2) is 9.18 Å². The second-order valence-electron chi connectivity index (χ2n) is 5.68. The largest absolute Gasteiger partial charge is 0.441 e. The summed E-state index contributed by atoms with van der Waals surface area (Å²) in [5.41, 5.74) is 1.30. The molecular formula is C17H13ClFN5O2. The summed E-state index contributed by atoms with van der Waals surface area (Å²) in [6, 6.07) is 7.90. The highest BCUT2D eigenvalue weighted by Crippen LogP contribution is 2.30. The smallest absolute Gasteiger partial charge is 0.416 e. The van der Waals surface area contributed by atoms with Gasteiger partial charge in [-0.05, 0) is 29.8 Å². The fraction of sp³-hybridized carbons (Fsp3) is 0.176. The van der Waals surface area contributed by atoms with Crippen LogP contribution in [0.4, 0.5) is 15.0 Å². The van der Waals surface area contributed by atoms with E-state index in [1.54, 1.807) is 30.6 Å². The van der Waals surface area contributed by atoms with Crippen molar-refractivity contribution in [3.05, 3.63) is 65.3 Å². The minimum absolute atomic E-state index is 0.0326. The Kier molecular flexibility index (Phi) is 4.26. The van der Waals surface area contributed by atoms with Crippen LogP contribution in [0.15, 0.2) is 48.9 Å². The lowest BCUT2D eigenvalue weighted by molar-refractivity contribution is 0.0837. The van der Waals surface area contributed by atoms with Gasteiger partial charge >= 0.3 is 6.09 Å². The van der Waals surface area contributed by atoms with Crippen LogP contribution in [-0.2, 0) is 4.74 Å². The number of halogens is 2. The highest BCUT2D eigenvalue weighted by Gasteiger charge is 2.31. The summed E-state index contributed by atoms with van der Waals surface area (Å²) in [7, 11) is 0. The molecular weight excluding hydrogens is 361 g/mol. The van der Waals surface area contributed by atoms with Crippen molar-refractivity contribution >= 4 is 23.5 Å². The van der Waals surface area contributed by atoms with Gasteiger partial charge in [0, 0.05) is 25.4 Å². The molecule has 9 heteroatoms. The molecule has 0 spiro atoms. The van der Waals surface area contributed by atoms with Gasteiger partial charge < -0.3 is 4.74 Å². The Labute approximate surface area is 153 Å². The third-order valence-electron chi connectivity index (χ3n) is 4.04. The molecule has 0 radical (unpaired) electrons. The van der Waals surface area contributed by atoms with Crippen molar-refractivity contribution in [3.8, 4) is 5.69 Å². The molecule has 1 aromatic carbocycles. The summed E-state index contributed by atoms with van der Waals surface area (Å²) in [6.07, 6.45) is 4.16. The highest BCUT2D eigenvalue weighted by atomic mass is 35.5. The predicted molar refractivity (Wildman–Crippen MR) is 91.7 cm³/mol. The quantitative estimate of drug-likeness (QED) is 0.702. The molecule has 1 saturated heterocycles. The Morgan fingerprint density at radius 1 is 1.23 bits per heavy atom. The van der Waals surface area contributed by atoms with Crippen molar-refractivity contribution in [1.82, 2.24) is 20.0 Å². The number of nitrogens with zero attached hydrogens (tertiary/aromatic N) is 5. The minimum Gasteiger partial charge on any atom is -0.441 e. The van der Waals surface area contributed by atoms with E-state index in [0.717, 1.165) is 5.69 Å². The molecule has 26 heavy (non-hydrogen) atoms. The van der Waals surface area contributed by atoms with E-state index >= 15 is 0 Å². The maximum atomic E-state index is 13.6. The summed E-state index contributed by atoms with van der Waals surface area (Å²) in [6.45, 7) is 0.378. The molecule has 0 saturated carbocycles. The number of cyclic esters (lactones) is 1. The molecule has 7 nitrogen and oxygen atoms in total. The van der Waals surface area contributed by atoms with Gasteiger partial charge in [-0.2, -0.15) is 5.10 Å². The fourth-order valence-corrected chi connectivity index (χ4v) is 2.84. The zero-order valence-corrected chi connectivity index (χ0v) is 14.2. The van der Waals surface area contributed by atoms with Gasteiger partial charge in [-0.3, -0.25) is 9.88 Å². The van der Waals surface area contributed by atoms with Gasteiger partial charge in [-0.1, -0.05) is 17.7 Å². The molecule has 2 aromatic heterocycles. The highest BCUT2D eigenvalue weighted by molar-refractivity contribution is 6.30. The first-order valence-electron chi connectivity index (χ1n) is 7.87. The number of hydrogen-bond donors (Lipinski definition) is 0. The standard InChI is InChI=1S/C17H13ClFN5O2/c18-13-2-1-11(9-14(13)19)15-5-8-23(17(25)26-15)16-10-21-24(22-16)12-3-6-20-7-4-12/h1-4,6-7,9-10,15H,5,8H2. The lowest BCUT2D eigenvalue weighted by Crippen LogP contribution is -2.39. The van der Waals surface area contributed by atoms with Crippen LogP contribution in [0.3, 0.4) is 0 Å². The molecule has 132 valence electrons. The zero-order chi connectivity index (χ0) is 18.1. The summed E-state index contributed by atoms with van der Waals surface area (Å²) in [5.74, 6) is -0.157. The van der Waals surface area contributed by atoms with Crippen LogP contribution in [0.5, 0.6) is 0 Å². The third kappa shape index (κ3) is 3.11. The topological polar surface area (TPSA) is 73.1 Å². The normalized spacial score (nSPS) is 17.2. The lowest BCUT2D eigenvalue weighted by Gasteiger charge is -2.30. The van der Waals surface area contributed by atoms with Crippen molar-refractivity contribution in [3.63, 3.8) is 0 Å². The van der Waals surface area contributed by atoms with Crippen LogP contribution in [0.1, 0.15) is 18.1 Å². The van der Waals surface area contributed by atoms with Crippen molar-refractivity contribution in [2.75, 3.05) is 11.4 Å². The maximum absolute atomic E-state index is 13.6. The number of carbonyl (C=O) groups excluding carboxylic acids is 1. The van der Waals surface area contributed by atoms with E-state index in [9.17, 15) is 9.18 Å². The maximum Gasteiger partial charge on any atom is 0.416 e. The van der Waals surface area contributed by atoms with Gasteiger partial charge in [-0.15, -0.1) is 9.90 Å². The molecule has 0 N–H and O–H groups in total. The van der Waals surface area contributed by atoms with Crippen molar-refractivity contribution in [2.45, 2.75) is 12.5 Å². The fourth-order valence-electron chi connectivity index (χ4n) is 2.72. The SMILES string of the molecule is O=C1OC(c2ccc(Cl)c(F)c2)CCN1c1cnn(-c2ccncc2)n1. The van der Waals surface area contributed by atoms with Crippen LogP contribution in [-0.4, -0.2) is 32.6 Å². The van der Waals surface area contributed by atoms with Crippen LogP contribution in [0, 0.1) is 5.82 Å². The van der Waals surface area contributed by atoms with E-state index in [4.69, 9.17) is 16.3 Å². The monoisotopic (exact) mass is 373 g/mol. The van der Waals surface area contributed by atoms with Crippen molar-refractivity contribution in [2.24, 2.45) is 0 Å². The molecule has 3 aromatic rings. The number of carbonyl (C=O) groups is 1. The first-order valence-corrected chi connectivity index (χ1v) is 8.25. The molecule has 0 bridgehead atoms. The lowest BCUT2D eigenvalue weighted by atomic mass is 10.1. The third-order valence-corrected chi connectivity index (χ3v) is 4.35. The summed E-state index contributed by atoms with van der Waals surface area (Å²) in [5, 5.41) is 8.49. The van der Waals surface area contributed by atoms with Crippen molar-refractivity contribution in [1.29, 1.82) is 0 Å². The molecule has 4 rings (SSSR count). The molecule has 1 unspecified atom stereocenters. The predicted octanol–water partition coefficient (Wildman–Crippen LogP) is 3.54. The molecule has 1 fully saturated rings. The Bertz CT molecular complexity index is 949. The average Bonchev–Trinajstić information content (AvgIpc) is 3.14. The van der Waals surface area contributed by atoms with E-state index in [1.165, 1.54) is 28.0 Å². The van der Waals surface area contributed by atoms with Crippen molar-refractivity contribution < 1.29 is 13.9 Å². The molecule has 1 aliphatic heterocycles. The Balaban J connectivity index is 1.50. The van der Waals surface area contributed by atoms with Gasteiger partial charge in [0.05, 0.1) is 16.9 Å². The van der Waals surface area contributed by atoms with Gasteiger partial charge in [0.1, 0.15) is 11.9 Å².